The maximum atomic E-state index is 11.4. The van der Waals surface area contributed by atoms with Crippen LogP contribution in [0.3, 0.4) is 0 Å². The number of nitrogen functional groups attached to an aromatic ring is 1. The van der Waals surface area contributed by atoms with E-state index in [1.807, 2.05) is 0 Å². The molecule has 0 radical (unpaired) electrons. The summed E-state index contributed by atoms with van der Waals surface area (Å²) in [6.07, 6.45) is 1.49. The van der Waals surface area contributed by atoms with Crippen LogP contribution in [0.15, 0.2) is 6.20 Å². The predicted molar refractivity (Wildman–Crippen MR) is 49.4 cm³/mol. The lowest BCUT2D eigenvalue weighted by molar-refractivity contribution is -0.159. The van der Waals surface area contributed by atoms with Gasteiger partial charge in [-0.15, -0.1) is 0 Å². The zero-order valence-corrected chi connectivity index (χ0v) is 7.90. The van der Waals surface area contributed by atoms with E-state index in [9.17, 15) is 9.59 Å². The fourth-order valence-electron chi connectivity index (χ4n) is 1.31. The van der Waals surface area contributed by atoms with Gasteiger partial charge in [-0.05, 0) is 0 Å². The van der Waals surface area contributed by atoms with Crippen molar-refractivity contribution in [2.24, 2.45) is 0 Å². The molecule has 7 nitrogen and oxygen atoms in total. The quantitative estimate of drug-likeness (QED) is 0.602. The molecule has 0 spiro atoms. The summed E-state index contributed by atoms with van der Waals surface area (Å²) in [6, 6.07) is 0. The highest BCUT2D eigenvalue weighted by Gasteiger charge is 2.27. The molecule has 3 N–H and O–H groups in total. The minimum Gasteiger partial charge on any atom is -0.384 e. The van der Waals surface area contributed by atoms with Crippen molar-refractivity contribution in [2.45, 2.75) is 6.54 Å². The predicted octanol–water partition coefficient (Wildman–Crippen LogP) is -1.12. The first-order valence-corrected chi connectivity index (χ1v) is 4.37. The highest BCUT2D eigenvalue weighted by atomic mass is 16.5. The zero-order chi connectivity index (χ0) is 10.8. The summed E-state index contributed by atoms with van der Waals surface area (Å²) in [5, 5.41) is 6.24. The highest BCUT2D eigenvalue weighted by Crippen LogP contribution is 2.12. The largest absolute Gasteiger partial charge is 0.384 e. The Bertz CT molecular complexity index is 384. The van der Waals surface area contributed by atoms with Crippen LogP contribution in [0.5, 0.6) is 0 Å². The number of amides is 2. The number of carbonyl (C=O) groups excluding carboxylic acids is 2. The molecule has 2 amide bonds. The van der Waals surface area contributed by atoms with Gasteiger partial charge in [-0.1, -0.05) is 0 Å². The summed E-state index contributed by atoms with van der Waals surface area (Å²) in [5.74, 6) is -0.346. The number of hydrogen-bond acceptors (Lipinski definition) is 5. The molecule has 7 heteroatoms. The van der Waals surface area contributed by atoms with E-state index in [0.29, 0.717) is 11.4 Å². The standard InChI is InChI=1S/C8H10N4O3/c9-8-5(1-10-11-8)2-12-6(13)3-15-4-7(12)14/h1H,2-4H2,(H3,9,10,11). The summed E-state index contributed by atoms with van der Waals surface area (Å²) in [5.41, 5.74) is 6.17. The molecular weight excluding hydrogens is 200 g/mol. The molecular formula is C8H10N4O3. The molecule has 0 bridgehead atoms. The van der Waals surface area contributed by atoms with E-state index in [4.69, 9.17) is 10.5 Å². The lowest BCUT2D eigenvalue weighted by atomic mass is 10.3. The third-order valence-corrected chi connectivity index (χ3v) is 2.13. The average Bonchev–Trinajstić information content (AvgIpc) is 2.58. The molecule has 2 rings (SSSR count). The number of rotatable bonds is 2. The van der Waals surface area contributed by atoms with Gasteiger partial charge < -0.3 is 10.5 Å². The molecule has 1 fully saturated rings. The van der Waals surface area contributed by atoms with Gasteiger partial charge >= 0.3 is 0 Å². The lowest BCUT2D eigenvalue weighted by Crippen LogP contribution is -2.45. The molecule has 0 saturated carbocycles. The second-order valence-electron chi connectivity index (χ2n) is 3.18. The van der Waals surface area contributed by atoms with Gasteiger partial charge in [0, 0.05) is 5.56 Å². The van der Waals surface area contributed by atoms with E-state index in [1.54, 1.807) is 0 Å². The first-order valence-electron chi connectivity index (χ1n) is 4.37. The van der Waals surface area contributed by atoms with Gasteiger partial charge in [-0.3, -0.25) is 19.6 Å². The van der Waals surface area contributed by atoms with Crippen LogP contribution in [0.2, 0.25) is 0 Å². The first-order chi connectivity index (χ1) is 7.18. The number of morpholine rings is 1. The van der Waals surface area contributed by atoms with Gasteiger partial charge in [-0.2, -0.15) is 5.10 Å². The van der Waals surface area contributed by atoms with Crippen molar-refractivity contribution in [2.75, 3.05) is 18.9 Å². The second-order valence-corrected chi connectivity index (χ2v) is 3.18. The van der Waals surface area contributed by atoms with Crippen LogP contribution in [0.4, 0.5) is 5.82 Å². The summed E-state index contributed by atoms with van der Waals surface area (Å²) in [4.78, 5) is 23.8. The van der Waals surface area contributed by atoms with Crippen LogP contribution in [0, 0.1) is 0 Å². The molecule has 15 heavy (non-hydrogen) atoms. The Balaban J connectivity index is 2.13. The van der Waals surface area contributed by atoms with Crippen LogP contribution in [0.1, 0.15) is 5.56 Å². The minimum atomic E-state index is -0.355. The van der Waals surface area contributed by atoms with Crippen molar-refractivity contribution >= 4 is 17.6 Å². The second kappa shape index (κ2) is 3.70. The number of H-pyrrole nitrogens is 1. The Kier molecular flexibility index (Phi) is 2.38. The van der Waals surface area contributed by atoms with E-state index in [2.05, 4.69) is 10.2 Å². The number of nitrogens with one attached hydrogen (secondary N) is 1. The van der Waals surface area contributed by atoms with Crippen LogP contribution >= 0.6 is 0 Å². The molecule has 1 saturated heterocycles. The summed E-state index contributed by atoms with van der Waals surface area (Å²) < 4.78 is 4.78. The third kappa shape index (κ3) is 1.82. The van der Waals surface area contributed by atoms with Crippen molar-refractivity contribution in [1.82, 2.24) is 15.1 Å². The fraction of sp³-hybridized carbons (Fsp3) is 0.375. The molecule has 2 heterocycles. The normalized spacial score (nSPS) is 17.2. The van der Waals surface area contributed by atoms with Gasteiger partial charge in [0.05, 0.1) is 12.7 Å². The summed E-state index contributed by atoms with van der Waals surface area (Å²) in [7, 11) is 0. The van der Waals surface area contributed by atoms with Crippen LogP contribution in [-0.4, -0.2) is 40.1 Å². The molecule has 1 aromatic rings. The van der Waals surface area contributed by atoms with Gasteiger partial charge in [0.2, 0.25) is 0 Å². The Morgan fingerprint density at radius 1 is 1.47 bits per heavy atom. The van der Waals surface area contributed by atoms with Crippen molar-refractivity contribution in [1.29, 1.82) is 0 Å². The summed E-state index contributed by atoms with van der Waals surface area (Å²) in [6.45, 7) is 0.0103. The maximum Gasteiger partial charge on any atom is 0.255 e. The zero-order valence-electron chi connectivity index (χ0n) is 7.90. The smallest absolute Gasteiger partial charge is 0.255 e. The molecule has 1 aliphatic heterocycles. The topological polar surface area (TPSA) is 101 Å². The monoisotopic (exact) mass is 210 g/mol. The third-order valence-electron chi connectivity index (χ3n) is 2.13. The molecule has 0 aromatic carbocycles. The first kappa shape index (κ1) is 9.66. The summed E-state index contributed by atoms with van der Waals surface area (Å²) >= 11 is 0. The maximum absolute atomic E-state index is 11.4. The van der Waals surface area contributed by atoms with Gasteiger partial charge in [0.25, 0.3) is 11.8 Å². The molecule has 0 aliphatic carbocycles. The minimum absolute atomic E-state index is 0.0660. The number of imide groups is 1. The van der Waals surface area contributed by atoms with Gasteiger partial charge in [0.15, 0.2) is 0 Å². The Hall–Kier alpha value is -1.89. The number of hydrogen-bond donors (Lipinski definition) is 2. The molecule has 0 atom stereocenters. The molecule has 0 unspecified atom stereocenters. The highest BCUT2D eigenvalue weighted by molar-refractivity contribution is 5.98. The Morgan fingerprint density at radius 3 is 2.67 bits per heavy atom. The van der Waals surface area contributed by atoms with E-state index < -0.39 is 0 Å². The number of nitrogens with zero attached hydrogens (tertiary/aromatic N) is 2. The molecule has 80 valence electrons. The number of anilines is 1. The van der Waals surface area contributed by atoms with Crippen LogP contribution < -0.4 is 5.73 Å². The number of nitrogens with two attached hydrogens (primary N) is 1. The Labute approximate surface area is 85.2 Å². The number of carbonyl (C=O) groups is 2. The van der Waals surface area contributed by atoms with Crippen molar-refractivity contribution in [3.63, 3.8) is 0 Å². The number of aromatic nitrogens is 2. The van der Waals surface area contributed by atoms with Gasteiger partial charge in [0.1, 0.15) is 19.0 Å². The van der Waals surface area contributed by atoms with Crippen LogP contribution in [0.25, 0.3) is 0 Å². The average molecular weight is 210 g/mol. The number of aromatic amines is 1. The SMILES string of the molecule is Nc1[nH]ncc1CN1C(=O)COCC1=O. The van der Waals surface area contributed by atoms with Crippen molar-refractivity contribution < 1.29 is 14.3 Å². The van der Waals surface area contributed by atoms with E-state index >= 15 is 0 Å². The molecule has 1 aromatic heterocycles. The number of ether oxygens (including phenoxy) is 1. The van der Waals surface area contributed by atoms with E-state index in [1.165, 1.54) is 6.20 Å². The lowest BCUT2D eigenvalue weighted by Gasteiger charge is -2.24. The van der Waals surface area contributed by atoms with Gasteiger partial charge in [-0.25, -0.2) is 0 Å². The van der Waals surface area contributed by atoms with E-state index in [-0.39, 0.29) is 31.6 Å². The van der Waals surface area contributed by atoms with Crippen molar-refractivity contribution in [3.05, 3.63) is 11.8 Å². The fourth-order valence-corrected chi connectivity index (χ4v) is 1.31. The Morgan fingerprint density at radius 2 is 2.13 bits per heavy atom. The van der Waals surface area contributed by atoms with E-state index in [0.717, 1.165) is 4.90 Å². The van der Waals surface area contributed by atoms with Crippen molar-refractivity contribution in [3.8, 4) is 0 Å². The molecule has 1 aliphatic rings. The van der Waals surface area contributed by atoms with Crippen LogP contribution in [-0.2, 0) is 20.9 Å².